The molecule has 1 aliphatic rings. The molecule has 0 saturated carbocycles. The molecule has 2 rings (SSSR count). The first kappa shape index (κ1) is 7.28. The lowest BCUT2D eigenvalue weighted by molar-refractivity contribution is 0.170. The van der Waals surface area contributed by atoms with Gasteiger partial charge >= 0.3 is 0 Å². The number of benzene rings is 1. The second-order valence-electron chi connectivity index (χ2n) is 2.34. The van der Waals surface area contributed by atoms with E-state index in [0.717, 1.165) is 5.75 Å². The molecular weight excluding hydrogens is 156 g/mol. The molecule has 0 aromatic heterocycles. The van der Waals surface area contributed by atoms with Gasteiger partial charge in [0, 0.05) is 0 Å². The molecule has 1 aromatic carbocycles. The van der Waals surface area contributed by atoms with Crippen LogP contribution in [0.15, 0.2) is 18.2 Å². The van der Waals surface area contributed by atoms with Crippen LogP contribution in [0.25, 0.3) is 0 Å². The number of fused-ring (bicyclic) bond motifs is 1. The van der Waals surface area contributed by atoms with Gasteiger partial charge in [-0.15, -0.1) is 0 Å². The predicted octanol–water partition coefficient (Wildman–Crippen LogP) is 1.63. The van der Waals surface area contributed by atoms with Crippen LogP contribution in [0.1, 0.15) is 0 Å². The zero-order chi connectivity index (χ0) is 8.39. The topological polar surface area (TPSA) is 27.7 Å². The molecule has 0 spiro atoms. The average Bonchev–Trinajstić information content (AvgIpc) is 2.53. The maximum absolute atomic E-state index is 5.23. The minimum Gasteiger partial charge on any atom is -0.490 e. The van der Waals surface area contributed by atoms with Gasteiger partial charge in [0.2, 0.25) is 12.5 Å². The van der Waals surface area contributed by atoms with Gasteiger partial charge in [-0.3, -0.25) is 0 Å². The van der Waals surface area contributed by atoms with E-state index in [1.165, 1.54) is 0 Å². The highest BCUT2D eigenvalue weighted by Crippen LogP contribution is 2.40. The summed E-state index contributed by atoms with van der Waals surface area (Å²) in [6.07, 6.45) is 0. The zero-order valence-electron chi connectivity index (χ0n) is 6.58. The summed E-state index contributed by atoms with van der Waals surface area (Å²) in [5, 5.41) is 0. The van der Waals surface area contributed by atoms with Gasteiger partial charge < -0.3 is 14.2 Å². The van der Waals surface area contributed by atoms with Crippen LogP contribution in [0, 0.1) is 6.92 Å². The van der Waals surface area contributed by atoms with Crippen molar-refractivity contribution in [3.63, 3.8) is 0 Å². The van der Waals surface area contributed by atoms with E-state index >= 15 is 0 Å². The fourth-order valence-electron chi connectivity index (χ4n) is 1.13. The van der Waals surface area contributed by atoms with Gasteiger partial charge in [-0.25, -0.2) is 0 Å². The monoisotopic (exact) mass is 165 g/mol. The Balaban J connectivity index is 2.36. The number of hydrogen-bond donors (Lipinski definition) is 0. The lowest BCUT2D eigenvalue weighted by Crippen LogP contribution is -1.95. The minimum atomic E-state index is 0.271. The molecular formula is C9H9O3. The van der Waals surface area contributed by atoms with Crippen LogP contribution in [-0.2, 0) is 0 Å². The third-order valence-corrected chi connectivity index (χ3v) is 1.62. The van der Waals surface area contributed by atoms with E-state index in [-0.39, 0.29) is 6.79 Å². The van der Waals surface area contributed by atoms with Crippen LogP contribution in [0.2, 0.25) is 0 Å². The largest absolute Gasteiger partial charge is 0.490 e. The van der Waals surface area contributed by atoms with Crippen LogP contribution in [0.3, 0.4) is 0 Å². The van der Waals surface area contributed by atoms with E-state index in [4.69, 9.17) is 14.2 Å². The summed E-state index contributed by atoms with van der Waals surface area (Å²) in [4.78, 5) is 0. The Hall–Kier alpha value is -1.38. The molecule has 1 heterocycles. The molecule has 1 radical (unpaired) electrons. The van der Waals surface area contributed by atoms with Crippen molar-refractivity contribution in [1.29, 1.82) is 0 Å². The molecule has 0 atom stereocenters. The fraction of sp³-hybridized carbons (Fsp3) is 0.222. The summed E-state index contributed by atoms with van der Waals surface area (Å²) in [5.74, 6) is 2.11. The molecule has 0 saturated heterocycles. The Labute approximate surface area is 70.9 Å². The number of ether oxygens (including phenoxy) is 3. The van der Waals surface area contributed by atoms with Crippen LogP contribution in [-0.4, -0.2) is 13.4 Å². The first-order chi connectivity index (χ1) is 5.92. The summed E-state index contributed by atoms with van der Waals surface area (Å²) in [6.45, 7) is 4.25. The summed E-state index contributed by atoms with van der Waals surface area (Å²) in [6, 6.07) is 5.54. The van der Waals surface area contributed by atoms with Crippen molar-refractivity contribution in [2.24, 2.45) is 0 Å². The van der Waals surface area contributed by atoms with E-state index in [1.807, 2.05) is 18.2 Å². The third kappa shape index (κ3) is 1.07. The van der Waals surface area contributed by atoms with Crippen LogP contribution in [0.4, 0.5) is 0 Å². The van der Waals surface area contributed by atoms with Gasteiger partial charge in [0.25, 0.3) is 0 Å². The van der Waals surface area contributed by atoms with Crippen LogP contribution in [0.5, 0.6) is 17.2 Å². The lowest BCUT2D eigenvalue weighted by Gasteiger charge is -2.04. The molecule has 12 heavy (non-hydrogen) atoms. The first-order valence-electron chi connectivity index (χ1n) is 3.72. The Morgan fingerprint density at radius 2 is 2.33 bits per heavy atom. The molecule has 0 aliphatic carbocycles. The second kappa shape index (κ2) is 2.93. The van der Waals surface area contributed by atoms with Crippen molar-refractivity contribution in [3.05, 3.63) is 25.1 Å². The lowest BCUT2D eigenvalue weighted by atomic mass is 10.3. The van der Waals surface area contributed by atoms with Crippen LogP contribution < -0.4 is 14.2 Å². The van der Waals surface area contributed by atoms with Crippen molar-refractivity contribution in [3.8, 4) is 17.2 Å². The molecule has 1 aliphatic heterocycles. The van der Waals surface area contributed by atoms with E-state index in [9.17, 15) is 0 Å². The van der Waals surface area contributed by atoms with Gasteiger partial charge in [0.1, 0.15) is 0 Å². The molecule has 0 unspecified atom stereocenters. The Morgan fingerprint density at radius 3 is 3.17 bits per heavy atom. The minimum absolute atomic E-state index is 0.271. The summed E-state index contributed by atoms with van der Waals surface area (Å²) in [5.41, 5.74) is 0. The highest BCUT2D eigenvalue weighted by Gasteiger charge is 2.17. The van der Waals surface area contributed by atoms with Gasteiger partial charge in [-0.2, -0.15) is 0 Å². The molecule has 1 aromatic rings. The van der Waals surface area contributed by atoms with E-state index in [0.29, 0.717) is 18.1 Å². The van der Waals surface area contributed by atoms with E-state index < -0.39 is 0 Å². The Morgan fingerprint density at radius 1 is 1.42 bits per heavy atom. The van der Waals surface area contributed by atoms with Crippen molar-refractivity contribution >= 4 is 0 Å². The molecule has 0 fully saturated rings. The number of hydrogen-bond acceptors (Lipinski definition) is 3. The maximum Gasteiger partial charge on any atom is 0.231 e. The summed E-state index contributed by atoms with van der Waals surface area (Å²) >= 11 is 0. The standard InChI is InChI=1S/C9H9O3/c1-2-10-7-4-3-5-8-9(7)12-6-11-8/h3-5H,1-2,6H2. The fourth-order valence-corrected chi connectivity index (χ4v) is 1.13. The van der Waals surface area contributed by atoms with Gasteiger partial charge in [0.15, 0.2) is 11.5 Å². The van der Waals surface area contributed by atoms with Crippen molar-refractivity contribution in [2.75, 3.05) is 13.4 Å². The van der Waals surface area contributed by atoms with E-state index in [1.54, 1.807) is 0 Å². The van der Waals surface area contributed by atoms with Crippen LogP contribution >= 0.6 is 0 Å². The Bertz CT molecular complexity index is 283. The highest BCUT2D eigenvalue weighted by molar-refractivity contribution is 5.52. The molecule has 0 N–H and O–H groups in total. The predicted molar refractivity (Wildman–Crippen MR) is 43.4 cm³/mol. The van der Waals surface area contributed by atoms with Crippen molar-refractivity contribution in [1.82, 2.24) is 0 Å². The summed E-state index contributed by atoms with van der Waals surface area (Å²) < 4.78 is 15.6. The first-order valence-corrected chi connectivity index (χ1v) is 3.72. The third-order valence-electron chi connectivity index (χ3n) is 1.62. The van der Waals surface area contributed by atoms with Crippen molar-refractivity contribution in [2.45, 2.75) is 0 Å². The maximum atomic E-state index is 5.23. The van der Waals surface area contributed by atoms with Gasteiger partial charge in [0.05, 0.1) is 6.61 Å². The second-order valence-corrected chi connectivity index (χ2v) is 2.34. The molecule has 3 nitrogen and oxygen atoms in total. The molecule has 3 heteroatoms. The molecule has 0 amide bonds. The van der Waals surface area contributed by atoms with E-state index in [2.05, 4.69) is 6.92 Å². The molecule has 63 valence electrons. The summed E-state index contributed by atoms with van der Waals surface area (Å²) in [7, 11) is 0. The van der Waals surface area contributed by atoms with Crippen molar-refractivity contribution < 1.29 is 14.2 Å². The number of rotatable bonds is 2. The SMILES string of the molecule is [CH2]COc1cccc2c1OCO2. The van der Waals surface area contributed by atoms with Gasteiger partial charge in [-0.1, -0.05) is 6.07 Å². The normalized spacial score (nSPS) is 13.1. The Kier molecular flexibility index (Phi) is 1.78. The zero-order valence-corrected chi connectivity index (χ0v) is 6.58. The average molecular weight is 165 g/mol. The molecule has 0 bridgehead atoms. The highest BCUT2D eigenvalue weighted by atomic mass is 16.7. The van der Waals surface area contributed by atoms with Gasteiger partial charge in [-0.05, 0) is 19.1 Å². The quantitative estimate of drug-likeness (QED) is 0.666. The smallest absolute Gasteiger partial charge is 0.231 e. The number of para-hydroxylation sites is 1.